The molecule has 0 bridgehead atoms. The number of likely N-dealkylation sites (tertiary alicyclic amines) is 1. The SMILES string of the molecule is CCc1[nH]nc(Cl)c1CNC1CCN([C@H](C)c2ccncc2)CC1. The molecule has 2 aromatic rings. The lowest BCUT2D eigenvalue weighted by molar-refractivity contribution is 0.152. The molecule has 1 saturated heterocycles. The number of pyridine rings is 1. The van der Waals surface area contributed by atoms with Gasteiger partial charge < -0.3 is 5.32 Å². The molecule has 0 radical (unpaired) electrons. The first kappa shape index (κ1) is 17.4. The molecule has 0 spiro atoms. The number of nitrogens with one attached hydrogen (secondary N) is 2. The molecule has 0 saturated carbocycles. The average molecular weight is 348 g/mol. The van der Waals surface area contributed by atoms with Gasteiger partial charge in [0.2, 0.25) is 0 Å². The second-order valence-corrected chi connectivity index (χ2v) is 6.83. The third-order valence-electron chi connectivity index (χ3n) is 5.09. The summed E-state index contributed by atoms with van der Waals surface area (Å²) in [4.78, 5) is 6.66. The summed E-state index contributed by atoms with van der Waals surface area (Å²) in [5.74, 6) is 0. The Morgan fingerprint density at radius 1 is 1.33 bits per heavy atom. The highest BCUT2D eigenvalue weighted by atomic mass is 35.5. The van der Waals surface area contributed by atoms with Crippen molar-refractivity contribution >= 4 is 11.6 Å². The Hall–Kier alpha value is -1.43. The lowest BCUT2D eigenvalue weighted by Gasteiger charge is -2.36. The van der Waals surface area contributed by atoms with Gasteiger partial charge in [0.05, 0.1) is 0 Å². The van der Waals surface area contributed by atoms with Crippen molar-refractivity contribution in [3.05, 3.63) is 46.5 Å². The standard InChI is InChI=1S/C18H26ClN5/c1-3-17-16(18(19)23-22-17)12-21-15-6-10-24(11-7-15)13(2)14-4-8-20-9-5-14/h4-5,8-9,13,15,21H,3,6-7,10-12H2,1-2H3,(H,22,23)/t13-/m1/s1. The summed E-state index contributed by atoms with van der Waals surface area (Å²) in [6.45, 7) is 7.42. The van der Waals surface area contributed by atoms with Crippen LogP contribution in [0.4, 0.5) is 0 Å². The normalized spacial score (nSPS) is 18.0. The Balaban J connectivity index is 1.49. The van der Waals surface area contributed by atoms with E-state index in [9.17, 15) is 0 Å². The number of aromatic amines is 1. The lowest BCUT2D eigenvalue weighted by Crippen LogP contribution is -2.43. The van der Waals surface area contributed by atoms with Crippen LogP contribution in [0.1, 0.15) is 49.6 Å². The number of hydrogen-bond acceptors (Lipinski definition) is 4. The number of H-pyrrole nitrogens is 1. The maximum absolute atomic E-state index is 6.18. The minimum absolute atomic E-state index is 0.448. The van der Waals surface area contributed by atoms with E-state index in [1.807, 2.05) is 12.4 Å². The van der Waals surface area contributed by atoms with Gasteiger partial charge in [-0.25, -0.2) is 0 Å². The second kappa shape index (κ2) is 8.10. The lowest BCUT2D eigenvalue weighted by atomic mass is 10.0. The topological polar surface area (TPSA) is 56.8 Å². The largest absolute Gasteiger partial charge is 0.310 e. The minimum atomic E-state index is 0.448. The van der Waals surface area contributed by atoms with Crippen molar-refractivity contribution in [3.8, 4) is 0 Å². The molecule has 0 aromatic carbocycles. The average Bonchev–Trinajstić information content (AvgIpc) is 3.00. The summed E-state index contributed by atoms with van der Waals surface area (Å²) in [7, 11) is 0. The first-order valence-corrected chi connectivity index (χ1v) is 9.15. The van der Waals surface area contributed by atoms with Crippen LogP contribution in [0, 0.1) is 0 Å². The summed E-state index contributed by atoms with van der Waals surface area (Å²) in [5, 5.41) is 11.4. The van der Waals surface area contributed by atoms with Crippen LogP contribution in [0.3, 0.4) is 0 Å². The van der Waals surface area contributed by atoms with Crippen molar-refractivity contribution in [3.63, 3.8) is 0 Å². The number of nitrogens with zero attached hydrogens (tertiary/aromatic N) is 3. The third kappa shape index (κ3) is 3.97. The molecule has 3 rings (SSSR count). The maximum atomic E-state index is 6.18. The van der Waals surface area contributed by atoms with E-state index in [4.69, 9.17) is 11.6 Å². The van der Waals surface area contributed by atoms with Gasteiger partial charge >= 0.3 is 0 Å². The highest BCUT2D eigenvalue weighted by molar-refractivity contribution is 6.30. The van der Waals surface area contributed by atoms with Gasteiger partial charge in [0, 0.05) is 55.4 Å². The fourth-order valence-corrected chi connectivity index (χ4v) is 3.66. The molecule has 1 atom stereocenters. The predicted octanol–water partition coefficient (Wildman–Crippen LogP) is 3.34. The van der Waals surface area contributed by atoms with Crippen LogP contribution >= 0.6 is 11.6 Å². The summed E-state index contributed by atoms with van der Waals surface area (Å²) in [6, 6.07) is 5.22. The van der Waals surface area contributed by atoms with E-state index in [1.165, 1.54) is 5.56 Å². The van der Waals surface area contributed by atoms with Crippen molar-refractivity contribution < 1.29 is 0 Å². The van der Waals surface area contributed by atoms with Gasteiger partial charge in [0.25, 0.3) is 0 Å². The predicted molar refractivity (Wildman–Crippen MR) is 97.1 cm³/mol. The van der Waals surface area contributed by atoms with Crippen LogP contribution in [-0.2, 0) is 13.0 Å². The van der Waals surface area contributed by atoms with Gasteiger partial charge in [-0.1, -0.05) is 18.5 Å². The van der Waals surface area contributed by atoms with Crippen molar-refractivity contribution in [2.45, 2.75) is 51.7 Å². The number of aromatic nitrogens is 3. The molecule has 130 valence electrons. The van der Waals surface area contributed by atoms with E-state index in [0.29, 0.717) is 17.2 Å². The number of halogens is 1. The molecule has 1 aliphatic rings. The fourth-order valence-electron chi connectivity index (χ4n) is 3.44. The van der Waals surface area contributed by atoms with E-state index in [1.54, 1.807) is 0 Å². The molecule has 2 N–H and O–H groups in total. The Morgan fingerprint density at radius 3 is 2.71 bits per heavy atom. The van der Waals surface area contributed by atoms with Crippen molar-refractivity contribution in [1.82, 2.24) is 25.4 Å². The Morgan fingerprint density at radius 2 is 2.04 bits per heavy atom. The van der Waals surface area contributed by atoms with Crippen molar-refractivity contribution in [1.29, 1.82) is 0 Å². The number of hydrogen-bond donors (Lipinski definition) is 2. The van der Waals surface area contributed by atoms with Crippen LogP contribution in [0.2, 0.25) is 5.15 Å². The van der Waals surface area contributed by atoms with Crippen molar-refractivity contribution in [2.75, 3.05) is 13.1 Å². The summed E-state index contributed by atoms with van der Waals surface area (Å²) >= 11 is 6.18. The van der Waals surface area contributed by atoms with Crippen LogP contribution in [0.25, 0.3) is 0 Å². The maximum Gasteiger partial charge on any atom is 0.155 e. The van der Waals surface area contributed by atoms with Gasteiger partial charge in [-0.3, -0.25) is 15.0 Å². The summed E-state index contributed by atoms with van der Waals surface area (Å²) < 4.78 is 0. The molecule has 0 aliphatic carbocycles. The van der Waals surface area contributed by atoms with E-state index in [2.05, 4.69) is 51.4 Å². The molecule has 1 fully saturated rings. The molecule has 3 heterocycles. The van der Waals surface area contributed by atoms with Gasteiger partial charge in [-0.05, 0) is 43.9 Å². The molecule has 2 aromatic heterocycles. The molecule has 0 amide bonds. The monoisotopic (exact) mass is 347 g/mol. The van der Waals surface area contributed by atoms with Gasteiger partial charge in [0.15, 0.2) is 5.15 Å². The molecule has 24 heavy (non-hydrogen) atoms. The van der Waals surface area contributed by atoms with E-state index in [-0.39, 0.29) is 0 Å². The van der Waals surface area contributed by atoms with E-state index in [0.717, 1.165) is 50.2 Å². The molecule has 5 nitrogen and oxygen atoms in total. The number of piperidine rings is 1. The molecular formula is C18H26ClN5. The van der Waals surface area contributed by atoms with Crippen LogP contribution in [-0.4, -0.2) is 39.2 Å². The van der Waals surface area contributed by atoms with E-state index >= 15 is 0 Å². The van der Waals surface area contributed by atoms with Gasteiger partial charge in [0.1, 0.15) is 0 Å². The van der Waals surface area contributed by atoms with Gasteiger partial charge in [-0.2, -0.15) is 5.10 Å². The fraction of sp³-hybridized carbons (Fsp3) is 0.556. The zero-order chi connectivity index (χ0) is 16.9. The third-order valence-corrected chi connectivity index (χ3v) is 5.40. The zero-order valence-corrected chi connectivity index (χ0v) is 15.2. The smallest absolute Gasteiger partial charge is 0.155 e. The second-order valence-electron chi connectivity index (χ2n) is 6.47. The first-order valence-electron chi connectivity index (χ1n) is 8.78. The van der Waals surface area contributed by atoms with Crippen LogP contribution in [0.15, 0.2) is 24.5 Å². The summed E-state index contributed by atoms with van der Waals surface area (Å²) in [6.07, 6.45) is 7.00. The first-order chi connectivity index (χ1) is 11.7. The molecule has 0 unspecified atom stereocenters. The number of rotatable bonds is 6. The highest BCUT2D eigenvalue weighted by Gasteiger charge is 2.23. The highest BCUT2D eigenvalue weighted by Crippen LogP contribution is 2.24. The molecular weight excluding hydrogens is 322 g/mol. The van der Waals surface area contributed by atoms with Crippen LogP contribution < -0.4 is 5.32 Å². The summed E-state index contributed by atoms with van der Waals surface area (Å²) in [5.41, 5.74) is 3.59. The van der Waals surface area contributed by atoms with Gasteiger partial charge in [-0.15, -0.1) is 0 Å². The number of aryl methyl sites for hydroxylation is 1. The quantitative estimate of drug-likeness (QED) is 0.841. The van der Waals surface area contributed by atoms with Crippen molar-refractivity contribution in [2.24, 2.45) is 0 Å². The van der Waals surface area contributed by atoms with E-state index < -0.39 is 0 Å². The Labute approximate surface area is 148 Å². The Kier molecular flexibility index (Phi) is 5.87. The minimum Gasteiger partial charge on any atom is -0.310 e. The zero-order valence-electron chi connectivity index (χ0n) is 14.4. The Bertz CT molecular complexity index is 634. The molecule has 1 aliphatic heterocycles. The molecule has 6 heteroatoms. The van der Waals surface area contributed by atoms with Crippen LogP contribution in [0.5, 0.6) is 0 Å².